The maximum atomic E-state index is 10.7. The van der Waals surface area contributed by atoms with Gasteiger partial charge in [0.05, 0.1) is 0 Å². The molecule has 1 amide bonds. The van der Waals surface area contributed by atoms with E-state index in [1.165, 1.54) is 11.8 Å². The predicted octanol–water partition coefficient (Wildman–Crippen LogP) is -0.105. The highest BCUT2D eigenvalue weighted by Gasteiger charge is 2.15. The van der Waals surface area contributed by atoms with E-state index in [4.69, 9.17) is 5.11 Å². The molecule has 1 atom stereocenters. The smallest absolute Gasteiger partial charge is 0.327 e. The van der Waals surface area contributed by atoms with Crippen LogP contribution >= 0.6 is 11.8 Å². The van der Waals surface area contributed by atoms with E-state index >= 15 is 0 Å². The summed E-state index contributed by atoms with van der Waals surface area (Å²) in [7, 11) is 1.87. The van der Waals surface area contributed by atoms with Crippen LogP contribution in [0.2, 0.25) is 0 Å². The van der Waals surface area contributed by atoms with Crippen molar-refractivity contribution in [2.24, 2.45) is 7.05 Å². The Morgan fingerprint density at radius 3 is 3.06 bits per heavy atom. The Labute approximate surface area is 103 Å². The Morgan fingerprint density at radius 2 is 2.53 bits per heavy atom. The molecule has 0 aromatic carbocycles. The van der Waals surface area contributed by atoms with Gasteiger partial charge in [0.1, 0.15) is 6.04 Å². The summed E-state index contributed by atoms with van der Waals surface area (Å²) in [5, 5.41) is 15.1. The lowest BCUT2D eigenvalue weighted by Crippen LogP contribution is -2.37. The fourth-order valence-electron chi connectivity index (χ4n) is 1.30. The minimum absolute atomic E-state index is 0.367. The topological polar surface area (TPSA) is 84.2 Å². The number of carboxylic acid groups (broad SMARTS) is 1. The van der Waals surface area contributed by atoms with E-state index in [-0.39, 0.29) is 0 Å². The van der Waals surface area contributed by atoms with Crippen molar-refractivity contribution in [2.45, 2.75) is 12.5 Å². The number of carboxylic acids is 1. The van der Waals surface area contributed by atoms with E-state index in [0.717, 1.165) is 17.9 Å². The van der Waals surface area contributed by atoms with E-state index in [9.17, 15) is 9.59 Å². The molecule has 0 spiro atoms. The summed E-state index contributed by atoms with van der Waals surface area (Å²) in [5.74, 6) is 0.153. The number of hydrogen-bond donors (Lipinski definition) is 2. The Kier molecular flexibility index (Phi) is 5.55. The van der Waals surface area contributed by atoms with Gasteiger partial charge < -0.3 is 10.4 Å². The summed E-state index contributed by atoms with van der Waals surface area (Å²) in [6.45, 7) is 0. The molecule has 6 nitrogen and oxygen atoms in total. The minimum Gasteiger partial charge on any atom is -0.480 e. The molecule has 0 fully saturated rings. The Bertz CT molecular complexity index is 381. The third-order valence-electron chi connectivity index (χ3n) is 2.28. The highest BCUT2D eigenvalue weighted by Crippen LogP contribution is 2.07. The van der Waals surface area contributed by atoms with Crippen molar-refractivity contribution in [3.63, 3.8) is 0 Å². The van der Waals surface area contributed by atoms with E-state index in [1.807, 2.05) is 13.1 Å². The molecule has 1 aromatic heterocycles. The quantitative estimate of drug-likeness (QED) is 0.501. The molecule has 0 saturated heterocycles. The zero-order valence-electron chi connectivity index (χ0n) is 9.50. The third kappa shape index (κ3) is 4.48. The van der Waals surface area contributed by atoms with Crippen LogP contribution in [0.1, 0.15) is 5.69 Å². The van der Waals surface area contributed by atoms with Gasteiger partial charge in [-0.15, -0.1) is 0 Å². The Balaban J connectivity index is 2.25. The van der Waals surface area contributed by atoms with Gasteiger partial charge in [0.15, 0.2) is 0 Å². The standard InChI is InChI=1S/C10H15N3O3S/c1-13-8(2-4-12-13)3-5-17-6-9(10(15)16)11-7-14/h2,4,7,9H,3,5-6H2,1H3,(H,11,14)(H,15,16). The monoisotopic (exact) mass is 257 g/mol. The lowest BCUT2D eigenvalue weighted by molar-refractivity contribution is -0.139. The largest absolute Gasteiger partial charge is 0.480 e. The first-order valence-corrected chi connectivity index (χ1v) is 6.27. The van der Waals surface area contributed by atoms with Crippen molar-refractivity contribution >= 4 is 24.1 Å². The number of aryl methyl sites for hydroxylation is 2. The van der Waals surface area contributed by atoms with E-state index in [0.29, 0.717) is 12.2 Å². The molecule has 17 heavy (non-hydrogen) atoms. The molecular formula is C10H15N3O3S. The molecule has 0 bridgehead atoms. The molecule has 1 aromatic rings. The van der Waals surface area contributed by atoms with Gasteiger partial charge in [0.25, 0.3) is 0 Å². The summed E-state index contributed by atoms with van der Waals surface area (Å²) in [6, 6.07) is 1.11. The van der Waals surface area contributed by atoms with Crippen LogP contribution in [0.4, 0.5) is 0 Å². The van der Waals surface area contributed by atoms with Crippen LogP contribution in [-0.4, -0.2) is 44.8 Å². The van der Waals surface area contributed by atoms with E-state index < -0.39 is 12.0 Å². The average molecular weight is 257 g/mol. The Morgan fingerprint density at radius 1 is 1.76 bits per heavy atom. The number of aromatic nitrogens is 2. The number of amides is 1. The molecule has 1 rings (SSSR count). The number of carbonyl (C=O) groups excluding carboxylic acids is 1. The van der Waals surface area contributed by atoms with E-state index in [1.54, 1.807) is 10.9 Å². The predicted molar refractivity (Wildman–Crippen MR) is 64.9 cm³/mol. The summed E-state index contributed by atoms with van der Waals surface area (Å²) >= 11 is 1.49. The van der Waals surface area contributed by atoms with Gasteiger partial charge in [-0.05, 0) is 18.2 Å². The maximum absolute atomic E-state index is 10.7. The number of nitrogens with zero attached hydrogens (tertiary/aromatic N) is 2. The summed E-state index contributed by atoms with van der Waals surface area (Å²) in [5.41, 5.74) is 1.10. The molecular weight excluding hydrogens is 242 g/mol. The first kappa shape index (κ1) is 13.6. The summed E-state index contributed by atoms with van der Waals surface area (Å²) in [4.78, 5) is 20.9. The molecule has 0 aliphatic carbocycles. The number of thioether (sulfide) groups is 1. The molecule has 2 N–H and O–H groups in total. The normalized spacial score (nSPS) is 12.1. The van der Waals surface area contributed by atoms with Crippen molar-refractivity contribution in [2.75, 3.05) is 11.5 Å². The molecule has 94 valence electrons. The number of hydrogen-bond acceptors (Lipinski definition) is 4. The average Bonchev–Trinajstić information content (AvgIpc) is 2.68. The van der Waals surface area contributed by atoms with Gasteiger partial charge in [-0.2, -0.15) is 16.9 Å². The Hall–Kier alpha value is -1.50. The van der Waals surface area contributed by atoms with Gasteiger partial charge in [-0.1, -0.05) is 0 Å². The van der Waals surface area contributed by atoms with E-state index in [2.05, 4.69) is 10.4 Å². The fourth-order valence-corrected chi connectivity index (χ4v) is 2.29. The molecule has 1 unspecified atom stereocenters. The number of rotatable bonds is 8. The van der Waals surface area contributed by atoms with Gasteiger partial charge in [0, 0.05) is 24.7 Å². The first-order valence-electron chi connectivity index (χ1n) is 5.12. The van der Waals surface area contributed by atoms with Crippen LogP contribution in [-0.2, 0) is 23.1 Å². The molecule has 0 aliphatic rings. The lowest BCUT2D eigenvalue weighted by Gasteiger charge is -2.10. The molecule has 0 radical (unpaired) electrons. The van der Waals surface area contributed by atoms with Crippen LogP contribution < -0.4 is 5.32 Å². The maximum Gasteiger partial charge on any atom is 0.327 e. The van der Waals surface area contributed by atoms with Crippen LogP contribution in [0.15, 0.2) is 12.3 Å². The third-order valence-corrected chi connectivity index (χ3v) is 3.34. The second-order valence-corrected chi connectivity index (χ2v) is 4.60. The number of carbonyl (C=O) groups is 2. The zero-order valence-corrected chi connectivity index (χ0v) is 10.3. The lowest BCUT2D eigenvalue weighted by atomic mass is 10.3. The van der Waals surface area contributed by atoms with Crippen molar-refractivity contribution < 1.29 is 14.7 Å². The molecule has 7 heteroatoms. The van der Waals surface area contributed by atoms with Crippen molar-refractivity contribution in [3.8, 4) is 0 Å². The summed E-state index contributed by atoms with van der Waals surface area (Å²) < 4.78 is 1.79. The first-order chi connectivity index (χ1) is 8.15. The number of nitrogens with one attached hydrogen (secondary N) is 1. The molecule has 0 saturated carbocycles. The van der Waals surface area contributed by atoms with Crippen LogP contribution in [0.5, 0.6) is 0 Å². The van der Waals surface area contributed by atoms with Crippen LogP contribution in [0.3, 0.4) is 0 Å². The van der Waals surface area contributed by atoms with Gasteiger partial charge >= 0.3 is 5.97 Å². The fraction of sp³-hybridized carbons (Fsp3) is 0.500. The van der Waals surface area contributed by atoms with Crippen LogP contribution in [0, 0.1) is 0 Å². The highest BCUT2D eigenvalue weighted by atomic mass is 32.2. The molecule has 1 heterocycles. The second-order valence-electron chi connectivity index (χ2n) is 3.45. The summed E-state index contributed by atoms with van der Waals surface area (Å²) in [6.07, 6.45) is 2.98. The zero-order chi connectivity index (χ0) is 12.7. The van der Waals surface area contributed by atoms with Crippen molar-refractivity contribution in [3.05, 3.63) is 18.0 Å². The van der Waals surface area contributed by atoms with Crippen molar-refractivity contribution in [1.82, 2.24) is 15.1 Å². The van der Waals surface area contributed by atoms with Gasteiger partial charge in [-0.25, -0.2) is 4.79 Å². The van der Waals surface area contributed by atoms with Crippen LogP contribution in [0.25, 0.3) is 0 Å². The van der Waals surface area contributed by atoms with Crippen molar-refractivity contribution in [1.29, 1.82) is 0 Å². The van der Waals surface area contributed by atoms with Gasteiger partial charge in [0.2, 0.25) is 6.41 Å². The molecule has 0 aliphatic heterocycles. The minimum atomic E-state index is -1.01. The number of aliphatic carboxylic acids is 1. The SMILES string of the molecule is Cn1nccc1CCSCC(NC=O)C(=O)O. The van der Waals surface area contributed by atoms with Gasteiger partial charge in [-0.3, -0.25) is 9.48 Å². The second kappa shape index (κ2) is 6.95. The highest BCUT2D eigenvalue weighted by molar-refractivity contribution is 7.99.